The molecule has 0 aromatic heterocycles. The maximum Gasteiger partial charge on any atom is 0.327 e. The molecule has 0 unspecified atom stereocenters. The standard InChI is InChI=1S/C15H18F5NO4S/c1-14(2,3)25-13(22)15(4,5)21(6)26(23,24)12-10(19)8(17)7(16)9(18)11(12)20/h1-6H3. The first-order valence-electron chi connectivity index (χ1n) is 7.20. The Morgan fingerprint density at radius 1 is 0.846 bits per heavy atom. The van der Waals surface area contributed by atoms with Crippen LogP contribution in [0.4, 0.5) is 22.0 Å². The van der Waals surface area contributed by atoms with E-state index in [2.05, 4.69) is 0 Å². The number of carbonyl (C=O) groups excluding carboxylic acids is 1. The number of rotatable bonds is 4. The number of halogens is 5. The van der Waals surface area contributed by atoms with Crippen molar-refractivity contribution in [1.82, 2.24) is 4.31 Å². The van der Waals surface area contributed by atoms with Crippen LogP contribution < -0.4 is 0 Å². The average molecular weight is 403 g/mol. The van der Waals surface area contributed by atoms with Gasteiger partial charge in [-0.2, -0.15) is 4.31 Å². The van der Waals surface area contributed by atoms with E-state index in [1.807, 2.05) is 0 Å². The summed E-state index contributed by atoms with van der Waals surface area (Å²) in [6.45, 7) is 6.62. The average Bonchev–Trinajstić information content (AvgIpc) is 2.48. The minimum absolute atomic E-state index is 0.187. The van der Waals surface area contributed by atoms with Crippen LogP contribution in [0, 0.1) is 29.1 Å². The van der Waals surface area contributed by atoms with Crippen LogP contribution in [0.2, 0.25) is 0 Å². The quantitative estimate of drug-likeness (QED) is 0.335. The second kappa shape index (κ2) is 6.76. The van der Waals surface area contributed by atoms with E-state index in [1.54, 1.807) is 0 Å². The van der Waals surface area contributed by atoms with Gasteiger partial charge in [-0.25, -0.2) is 30.4 Å². The molecule has 0 saturated carbocycles. The molecule has 26 heavy (non-hydrogen) atoms. The summed E-state index contributed by atoms with van der Waals surface area (Å²) < 4.78 is 97.8. The lowest BCUT2D eigenvalue weighted by Gasteiger charge is -2.34. The predicted molar refractivity (Wildman–Crippen MR) is 81.1 cm³/mol. The van der Waals surface area contributed by atoms with Crippen molar-refractivity contribution in [2.45, 2.75) is 50.7 Å². The van der Waals surface area contributed by atoms with Gasteiger partial charge in [-0.15, -0.1) is 0 Å². The Morgan fingerprint density at radius 3 is 1.54 bits per heavy atom. The summed E-state index contributed by atoms with van der Waals surface area (Å²) in [6.07, 6.45) is 0. The van der Waals surface area contributed by atoms with Gasteiger partial charge in [0.1, 0.15) is 11.1 Å². The van der Waals surface area contributed by atoms with E-state index in [0.29, 0.717) is 0 Å². The molecule has 0 N–H and O–H groups in total. The second-order valence-corrected chi connectivity index (χ2v) is 8.84. The lowest BCUT2D eigenvalue weighted by molar-refractivity contribution is -0.164. The number of sulfonamides is 1. The molecule has 0 amide bonds. The molecule has 11 heteroatoms. The van der Waals surface area contributed by atoms with E-state index < -0.39 is 61.1 Å². The Hall–Kier alpha value is -1.75. The molecule has 0 aliphatic rings. The van der Waals surface area contributed by atoms with E-state index in [4.69, 9.17) is 4.74 Å². The summed E-state index contributed by atoms with van der Waals surface area (Å²) in [4.78, 5) is 10.2. The third kappa shape index (κ3) is 3.83. The normalized spacial score (nSPS) is 13.2. The van der Waals surface area contributed by atoms with E-state index >= 15 is 0 Å². The molecule has 0 bridgehead atoms. The van der Waals surface area contributed by atoms with Gasteiger partial charge in [0.15, 0.2) is 28.2 Å². The number of likely N-dealkylation sites (N-methyl/N-ethyl adjacent to an activating group) is 1. The predicted octanol–water partition coefficient (Wildman–Crippen LogP) is 3.12. The third-order valence-corrected chi connectivity index (χ3v) is 5.53. The summed E-state index contributed by atoms with van der Waals surface area (Å²) >= 11 is 0. The van der Waals surface area contributed by atoms with Crippen LogP contribution >= 0.6 is 0 Å². The number of esters is 1. The van der Waals surface area contributed by atoms with E-state index in [-0.39, 0.29) is 4.31 Å². The second-order valence-electron chi connectivity index (χ2n) is 6.93. The minimum atomic E-state index is -5.28. The van der Waals surface area contributed by atoms with Crippen molar-refractivity contribution in [3.05, 3.63) is 29.1 Å². The molecule has 1 rings (SSSR count). The molecule has 0 spiro atoms. The first-order valence-corrected chi connectivity index (χ1v) is 8.64. The Balaban J connectivity index is 3.55. The molecule has 5 nitrogen and oxygen atoms in total. The van der Waals surface area contributed by atoms with Gasteiger partial charge in [-0.05, 0) is 34.6 Å². The third-order valence-electron chi connectivity index (χ3n) is 3.47. The summed E-state index contributed by atoms with van der Waals surface area (Å²) in [6, 6.07) is 0. The number of hydrogen-bond acceptors (Lipinski definition) is 4. The lowest BCUT2D eigenvalue weighted by atomic mass is 10.1. The number of carbonyl (C=O) groups is 1. The SMILES string of the molecule is CN(C(C)(C)C(=O)OC(C)(C)C)S(=O)(=O)c1c(F)c(F)c(F)c(F)c1F. The first kappa shape index (κ1) is 22.3. The van der Waals surface area contributed by atoms with E-state index in [1.165, 1.54) is 20.8 Å². The van der Waals surface area contributed by atoms with Crippen molar-refractivity contribution in [3.8, 4) is 0 Å². The summed E-state index contributed by atoms with van der Waals surface area (Å²) in [5.74, 6) is -13.4. The number of hydrogen-bond donors (Lipinski definition) is 0. The summed E-state index contributed by atoms with van der Waals surface area (Å²) in [5.41, 5.74) is -3.02. The molecule has 148 valence electrons. The largest absolute Gasteiger partial charge is 0.459 e. The minimum Gasteiger partial charge on any atom is -0.459 e. The van der Waals surface area contributed by atoms with Crippen molar-refractivity contribution in [2.75, 3.05) is 7.05 Å². The van der Waals surface area contributed by atoms with Crippen molar-refractivity contribution in [3.63, 3.8) is 0 Å². The van der Waals surface area contributed by atoms with Crippen molar-refractivity contribution in [2.24, 2.45) is 0 Å². The zero-order valence-corrected chi connectivity index (χ0v) is 15.7. The van der Waals surface area contributed by atoms with Crippen molar-refractivity contribution >= 4 is 16.0 Å². The van der Waals surface area contributed by atoms with Gasteiger partial charge in [0.25, 0.3) is 0 Å². The Morgan fingerprint density at radius 2 is 1.19 bits per heavy atom. The maximum atomic E-state index is 13.9. The number of benzene rings is 1. The van der Waals surface area contributed by atoms with Crippen LogP contribution in [-0.2, 0) is 19.6 Å². The summed E-state index contributed by atoms with van der Waals surface area (Å²) in [7, 11) is -4.52. The molecule has 0 fully saturated rings. The van der Waals surface area contributed by atoms with Crippen LogP contribution in [0.5, 0.6) is 0 Å². The zero-order valence-electron chi connectivity index (χ0n) is 14.9. The van der Waals surface area contributed by atoms with Gasteiger partial charge in [-0.3, -0.25) is 4.79 Å². The highest BCUT2D eigenvalue weighted by atomic mass is 32.2. The molecule has 1 aromatic rings. The van der Waals surface area contributed by atoms with Crippen molar-refractivity contribution in [1.29, 1.82) is 0 Å². The molecular formula is C15H18F5NO4S. The molecule has 0 aliphatic carbocycles. The highest BCUT2D eigenvalue weighted by Gasteiger charge is 2.46. The fourth-order valence-corrected chi connectivity index (χ4v) is 3.36. The fourth-order valence-electron chi connectivity index (χ4n) is 1.78. The lowest BCUT2D eigenvalue weighted by Crippen LogP contribution is -2.53. The van der Waals surface area contributed by atoms with Crippen molar-refractivity contribution < 1.29 is 39.9 Å². The molecule has 0 saturated heterocycles. The van der Waals surface area contributed by atoms with Gasteiger partial charge in [0, 0.05) is 7.05 Å². The Bertz CT molecular complexity index is 818. The molecule has 0 heterocycles. The van der Waals surface area contributed by atoms with Gasteiger partial charge in [0.2, 0.25) is 15.8 Å². The van der Waals surface area contributed by atoms with Crippen LogP contribution in [0.1, 0.15) is 34.6 Å². The highest BCUT2D eigenvalue weighted by molar-refractivity contribution is 7.89. The van der Waals surface area contributed by atoms with Gasteiger partial charge >= 0.3 is 5.97 Å². The van der Waals surface area contributed by atoms with Gasteiger partial charge < -0.3 is 4.74 Å². The van der Waals surface area contributed by atoms with Crippen LogP contribution in [0.3, 0.4) is 0 Å². The number of ether oxygens (including phenoxy) is 1. The van der Waals surface area contributed by atoms with E-state index in [9.17, 15) is 35.2 Å². The summed E-state index contributed by atoms with van der Waals surface area (Å²) in [5, 5.41) is 0. The van der Waals surface area contributed by atoms with Gasteiger partial charge in [0.05, 0.1) is 0 Å². The van der Waals surface area contributed by atoms with E-state index in [0.717, 1.165) is 20.9 Å². The first-order chi connectivity index (χ1) is 11.5. The fraction of sp³-hybridized carbons (Fsp3) is 0.533. The molecule has 0 radical (unpaired) electrons. The zero-order chi connectivity index (χ0) is 20.8. The smallest absolute Gasteiger partial charge is 0.327 e. The molecule has 1 aromatic carbocycles. The topological polar surface area (TPSA) is 63.7 Å². The molecule has 0 aliphatic heterocycles. The molecule has 0 atom stereocenters. The van der Waals surface area contributed by atoms with Crippen LogP contribution in [0.15, 0.2) is 4.90 Å². The highest BCUT2D eigenvalue weighted by Crippen LogP contribution is 2.32. The van der Waals surface area contributed by atoms with Gasteiger partial charge in [-0.1, -0.05) is 0 Å². The monoisotopic (exact) mass is 403 g/mol. The Kier molecular flexibility index (Phi) is 5.80. The number of nitrogens with zero attached hydrogens (tertiary/aromatic N) is 1. The maximum absolute atomic E-state index is 13.9. The van der Waals surface area contributed by atoms with Crippen LogP contribution in [-0.4, -0.2) is 36.9 Å². The molecular weight excluding hydrogens is 385 g/mol. The Labute approximate surface area is 147 Å². The van der Waals surface area contributed by atoms with Crippen LogP contribution in [0.25, 0.3) is 0 Å².